The summed E-state index contributed by atoms with van der Waals surface area (Å²) < 4.78 is 101. The minimum absolute atomic E-state index is 0.0128. The van der Waals surface area contributed by atoms with Crippen LogP contribution < -0.4 is 14.2 Å². The molecule has 3 saturated heterocycles. The molecule has 1 N–H and O–H groups in total. The van der Waals surface area contributed by atoms with Crippen LogP contribution in [0.5, 0.6) is 17.2 Å². The molecule has 3 saturated carbocycles. The molecule has 6 fully saturated rings. The van der Waals surface area contributed by atoms with Crippen molar-refractivity contribution in [1.82, 2.24) is 0 Å². The van der Waals surface area contributed by atoms with E-state index in [1.54, 1.807) is 45.6 Å². The molecule has 0 spiro atoms. The molecule has 97 heavy (non-hydrogen) atoms. The smallest absolute Gasteiger partial charge is 0.338 e. The van der Waals surface area contributed by atoms with Crippen molar-refractivity contribution in [1.29, 1.82) is 0 Å². The fourth-order valence-corrected chi connectivity index (χ4v) is 21.6. The van der Waals surface area contributed by atoms with Gasteiger partial charge in [0.25, 0.3) is 0 Å². The van der Waals surface area contributed by atoms with Crippen LogP contribution in [0.4, 0.5) is 0 Å². The van der Waals surface area contributed by atoms with Gasteiger partial charge in [0.2, 0.25) is 0 Å². The van der Waals surface area contributed by atoms with Crippen molar-refractivity contribution in [2.45, 2.75) is 263 Å². The third-order valence-corrected chi connectivity index (χ3v) is 33.7. The molecule has 540 valence electrons. The summed E-state index contributed by atoms with van der Waals surface area (Å²) in [5.41, 5.74) is 1.18. The normalized spacial score (nSPS) is 33.1. The summed E-state index contributed by atoms with van der Waals surface area (Å²) in [5, 5.41) is 14.9. The zero-order chi connectivity index (χ0) is 69.9. The Kier molecular flexibility index (Phi) is 24.2. The van der Waals surface area contributed by atoms with E-state index in [9.17, 15) is 14.7 Å². The SMILES string of the molecule is CC[Si](CC)(CC)O[C@H]1CO[C@@H](O[C@H]2C[C@H]3[C@@H]4CC=C5C[C@@H](O[Si](C)(C)C(C)(C)C)CC[C@]5(C)[C@H]4CC[C@]3(C)[C@@]2(O)[C@H](C)C2(CCC(C)C)OCCO2)[C@H](OC(C)=O)[C@@H]1O[C@@H]1OC[C@@H](OCc2ccc(OC)cc2)[C@H](OCc2ccc(OC)cc2)[C@H]1OC(=O)c1ccc(OC)cc1. The zero-order valence-electron chi connectivity index (χ0n) is 61.3. The van der Waals surface area contributed by atoms with E-state index < -0.39 is 107 Å². The lowest BCUT2D eigenvalue weighted by Gasteiger charge is -2.61. The molecule has 20 heteroatoms. The standard InChI is InChI=1S/C77H116O18Si2/c1-18-97(19-2,20-3)95-64-48-87-71(91-65-44-62-60-34-27-55-43-59(94-96(16,17)73(8,9)10)36-38-74(55,11)61(60)37-39-75(62,12)77(65,80)50(6)76(40-35-49(4)5)88-41-42-89-76)69(90-51(7)78)67(64)93-72-68(92-70(79)54-25-32-58(83-15)33-26-54)66(85-46-53-23-30-57(82-14)31-24-53)63(47-86-72)84-45-52-21-28-56(81-13)29-22-52/h21-33,49-50,59-69,71-72,80H,18-20,34-48H2,1-17H3/t50-,59+,60-,61+,62+,63-,64+,65+,66+,67-,68-,69-,71+,72+,74+,75+,77-/m1/s1. The summed E-state index contributed by atoms with van der Waals surface area (Å²) in [6.07, 6.45) is 0.263. The van der Waals surface area contributed by atoms with E-state index in [0.717, 1.165) is 74.2 Å². The van der Waals surface area contributed by atoms with E-state index in [1.165, 1.54) is 12.5 Å². The molecule has 4 aliphatic carbocycles. The number of benzene rings is 3. The average Bonchev–Trinajstić information content (AvgIpc) is 1.56. The topological polar surface area (TPSA) is 193 Å². The number of rotatable bonds is 28. The first kappa shape index (κ1) is 75.4. The number of methoxy groups -OCH3 is 3. The number of carbonyl (C=O) groups excluding carboxylic acids is 2. The van der Waals surface area contributed by atoms with Gasteiger partial charge in [0, 0.05) is 30.8 Å². The number of hydrogen-bond donors (Lipinski definition) is 1. The second-order valence-electron chi connectivity index (χ2n) is 31.2. The number of fused-ring (bicyclic) bond motifs is 5. The number of aliphatic hydroxyl groups is 1. The van der Waals surface area contributed by atoms with E-state index in [2.05, 4.69) is 95.3 Å². The van der Waals surface area contributed by atoms with Gasteiger partial charge in [-0.05, 0) is 176 Å². The maximum Gasteiger partial charge on any atom is 0.338 e. The third-order valence-electron chi connectivity index (χ3n) is 24.5. The summed E-state index contributed by atoms with van der Waals surface area (Å²) in [6.45, 7) is 31.8. The molecule has 0 unspecified atom stereocenters. The van der Waals surface area contributed by atoms with Gasteiger partial charge < -0.3 is 75.5 Å². The van der Waals surface area contributed by atoms with Crippen molar-refractivity contribution in [2.75, 3.05) is 47.8 Å². The predicted octanol–water partition coefficient (Wildman–Crippen LogP) is 14.7. The molecule has 0 radical (unpaired) electrons. The minimum Gasteiger partial charge on any atom is -0.497 e. The Balaban J connectivity index is 1.04. The van der Waals surface area contributed by atoms with Crippen molar-refractivity contribution >= 4 is 28.6 Å². The van der Waals surface area contributed by atoms with Gasteiger partial charge in [0.05, 0.1) is 78.7 Å². The van der Waals surface area contributed by atoms with E-state index in [1.807, 2.05) is 48.5 Å². The van der Waals surface area contributed by atoms with Crippen LogP contribution in [0.15, 0.2) is 84.4 Å². The highest BCUT2D eigenvalue weighted by molar-refractivity contribution is 6.74. The molecular formula is C77H116O18Si2. The van der Waals surface area contributed by atoms with E-state index >= 15 is 0 Å². The second-order valence-corrected chi connectivity index (χ2v) is 40.7. The highest BCUT2D eigenvalue weighted by atomic mass is 28.4. The summed E-state index contributed by atoms with van der Waals surface area (Å²) in [7, 11) is 0.236. The maximum absolute atomic E-state index is 14.8. The van der Waals surface area contributed by atoms with Crippen molar-refractivity contribution in [3.05, 3.63) is 101 Å². The van der Waals surface area contributed by atoms with Gasteiger partial charge in [-0.15, -0.1) is 0 Å². The zero-order valence-corrected chi connectivity index (χ0v) is 63.3. The quantitative estimate of drug-likeness (QED) is 0.0409. The van der Waals surface area contributed by atoms with Crippen molar-refractivity contribution < 1.29 is 85.1 Å². The summed E-state index contributed by atoms with van der Waals surface area (Å²) >= 11 is 0. The molecular weight excluding hydrogens is 1270 g/mol. The van der Waals surface area contributed by atoms with Crippen LogP contribution >= 0.6 is 0 Å². The maximum atomic E-state index is 14.8. The van der Waals surface area contributed by atoms with Gasteiger partial charge in [-0.25, -0.2) is 4.79 Å². The van der Waals surface area contributed by atoms with Gasteiger partial charge in [0.15, 0.2) is 47.2 Å². The van der Waals surface area contributed by atoms with Gasteiger partial charge in [-0.1, -0.05) is 112 Å². The molecule has 3 aromatic carbocycles. The number of carbonyl (C=O) groups is 2. The Labute approximate surface area is 580 Å². The molecule has 18 nitrogen and oxygen atoms in total. The van der Waals surface area contributed by atoms with Crippen LogP contribution in [0.25, 0.3) is 0 Å². The highest BCUT2D eigenvalue weighted by Gasteiger charge is 2.73. The first-order valence-corrected chi connectivity index (χ1v) is 41.7. The summed E-state index contributed by atoms with van der Waals surface area (Å²) in [6, 6.07) is 24.2. The Morgan fingerprint density at radius 1 is 0.680 bits per heavy atom. The number of esters is 2. The van der Waals surface area contributed by atoms with Crippen molar-refractivity contribution in [2.24, 2.45) is 40.4 Å². The van der Waals surface area contributed by atoms with Crippen LogP contribution in [0.2, 0.25) is 36.3 Å². The summed E-state index contributed by atoms with van der Waals surface area (Å²) in [4.78, 5) is 28.9. The Bertz CT molecular complexity index is 3080. The Morgan fingerprint density at radius 2 is 1.24 bits per heavy atom. The average molecular weight is 1390 g/mol. The van der Waals surface area contributed by atoms with Crippen LogP contribution in [0.3, 0.4) is 0 Å². The summed E-state index contributed by atoms with van der Waals surface area (Å²) in [5.74, 6) is -0.0629. The lowest BCUT2D eigenvalue weighted by atomic mass is 9.46. The fourth-order valence-electron chi connectivity index (χ4n) is 17.4. The van der Waals surface area contributed by atoms with E-state index in [-0.39, 0.29) is 60.4 Å². The molecule has 0 aromatic heterocycles. The molecule has 3 heterocycles. The molecule has 17 atom stereocenters. The molecule has 7 aliphatic rings. The number of allylic oxidation sites excluding steroid dienone is 1. The largest absolute Gasteiger partial charge is 0.497 e. The van der Waals surface area contributed by atoms with Crippen molar-refractivity contribution in [3.8, 4) is 17.2 Å². The first-order valence-electron chi connectivity index (χ1n) is 36.2. The lowest BCUT2D eigenvalue weighted by molar-refractivity contribution is -0.352. The van der Waals surface area contributed by atoms with Gasteiger partial charge in [-0.3, -0.25) is 4.79 Å². The lowest BCUT2D eigenvalue weighted by Crippen LogP contribution is -2.67. The van der Waals surface area contributed by atoms with Crippen LogP contribution in [-0.4, -0.2) is 154 Å². The van der Waals surface area contributed by atoms with Crippen LogP contribution in [0, 0.1) is 40.4 Å². The van der Waals surface area contributed by atoms with Crippen LogP contribution in [-0.2, 0) is 74.2 Å². The number of hydrogen-bond acceptors (Lipinski definition) is 18. The fraction of sp³-hybridized carbons (Fsp3) is 0.714. The molecule has 10 rings (SSSR count). The van der Waals surface area contributed by atoms with Crippen molar-refractivity contribution in [3.63, 3.8) is 0 Å². The molecule has 3 aliphatic heterocycles. The van der Waals surface area contributed by atoms with Gasteiger partial charge >= 0.3 is 11.9 Å². The first-order chi connectivity index (χ1) is 46.1. The highest BCUT2D eigenvalue weighted by Crippen LogP contribution is 2.70. The predicted molar refractivity (Wildman–Crippen MR) is 374 cm³/mol. The molecule has 0 bridgehead atoms. The number of ether oxygens (including phenoxy) is 13. The second kappa shape index (κ2) is 31.1. The molecule has 0 amide bonds. The Hall–Kier alpha value is -4.27. The van der Waals surface area contributed by atoms with Gasteiger partial charge in [-0.2, -0.15) is 0 Å². The van der Waals surface area contributed by atoms with E-state index in [4.69, 9.17) is 70.4 Å². The minimum atomic E-state index is -2.55. The van der Waals surface area contributed by atoms with Gasteiger partial charge in [0.1, 0.15) is 41.2 Å². The Morgan fingerprint density at radius 3 is 1.79 bits per heavy atom. The monoisotopic (exact) mass is 1380 g/mol. The van der Waals surface area contributed by atoms with Crippen LogP contribution in [0.1, 0.15) is 162 Å². The van der Waals surface area contributed by atoms with E-state index in [0.29, 0.717) is 55.1 Å². The molecule has 3 aromatic rings. The third kappa shape index (κ3) is 15.7.